The fourth-order valence-corrected chi connectivity index (χ4v) is 5.49. The molecule has 0 aromatic heterocycles. The Labute approximate surface area is 189 Å². The monoisotopic (exact) mass is 474 g/mol. The molecule has 0 bridgehead atoms. The highest BCUT2D eigenvalue weighted by molar-refractivity contribution is 7.92. The second-order valence-corrected chi connectivity index (χ2v) is 9.65. The number of amides is 1. The number of benzene rings is 3. The molecule has 5 nitrogen and oxygen atoms in total. The number of halogens is 3. The van der Waals surface area contributed by atoms with Crippen molar-refractivity contribution in [3.63, 3.8) is 0 Å². The van der Waals surface area contributed by atoms with Crippen LogP contribution in [0.25, 0.3) is 0 Å². The molecule has 1 amide bonds. The van der Waals surface area contributed by atoms with Crippen molar-refractivity contribution in [3.8, 4) is 0 Å². The molecule has 0 saturated carbocycles. The number of nitrogens with one attached hydrogen (secondary N) is 1. The lowest BCUT2D eigenvalue weighted by atomic mass is 9.99. The van der Waals surface area contributed by atoms with Gasteiger partial charge in [0.05, 0.1) is 16.1 Å². The number of hydrogen-bond donors (Lipinski definition) is 1. The van der Waals surface area contributed by atoms with Crippen molar-refractivity contribution in [3.05, 3.63) is 88.5 Å². The molecule has 0 radical (unpaired) electrons. The van der Waals surface area contributed by atoms with Crippen LogP contribution in [0, 0.1) is 18.6 Å². The molecule has 33 heavy (non-hydrogen) atoms. The van der Waals surface area contributed by atoms with E-state index in [9.17, 15) is 26.4 Å². The number of anilines is 2. The van der Waals surface area contributed by atoms with Gasteiger partial charge in [0.15, 0.2) is 0 Å². The van der Waals surface area contributed by atoms with E-state index in [1.165, 1.54) is 34.6 Å². The summed E-state index contributed by atoms with van der Waals surface area (Å²) in [7, 11) is -3.98. The van der Waals surface area contributed by atoms with Crippen molar-refractivity contribution in [2.75, 3.05) is 16.2 Å². The third-order valence-electron chi connectivity index (χ3n) is 5.62. The van der Waals surface area contributed by atoms with Crippen molar-refractivity contribution in [2.24, 2.45) is 0 Å². The van der Waals surface area contributed by atoms with Gasteiger partial charge in [0.25, 0.3) is 15.9 Å². The number of hydrogen-bond acceptors (Lipinski definition) is 3. The van der Waals surface area contributed by atoms with Gasteiger partial charge in [-0.25, -0.2) is 21.6 Å². The molecule has 1 aliphatic rings. The molecule has 3 aromatic rings. The van der Waals surface area contributed by atoms with Gasteiger partial charge in [-0.3, -0.25) is 9.10 Å². The zero-order valence-electron chi connectivity index (χ0n) is 17.7. The molecule has 0 aliphatic carbocycles. The van der Waals surface area contributed by atoms with Crippen LogP contribution >= 0.6 is 0 Å². The Morgan fingerprint density at radius 1 is 1.09 bits per heavy atom. The normalized spacial score (nSPS) is 13.5. The van der Waals surface area contributed by atoms with Gasteiger partial charge in [0, 0.05) is 12.2 Å². The van der Waals surface area contributed by atoms with E-state index < -0.39 is 39.8 Å². The standard InChI is InChI=1S/C24H21F3N2O3S/c1-15-12-16-5-3-11-29(33(31,32)19-9-7-18(26)8-10-19)22(16)13-21(15)28-24(30)23-17(14-25)4-2-6-20(23)27/h2,4,6-10,12-13H,3,5,11,14H2,1H3,(H,28,30). The number of alkyl halides is 1. The maximum absolute atomic E-state index is 14.3. The third kappa shape index (κ3) is 4.32. The quantitative estimate of drug-likeness (QED) is 0.557. The van der Waals surface area contributed by atoms with Crippen molar-refractivity contribution in [1.82, 2.24) is 0 Å². The first kappa shape index (κ1) is 22.8. The van der Waals surface area contributed by atoms with Gasteiger partial charge in [-0.15, -0.1) is 0 Å². The fourth-order valence-electron chi connectivity index (χ4n) is 3.96. The number of carbonyl (C=O) groups is 1. The molecule has 4 rings (SSSR count). The largest absolute Gasteiger partial charge is 0.322 e. The maximum Gasteiger partial charge on any atom is 0.264 e. The van der Waals surface area contributed by atoms with Gasteiger partial charge < -0.3 is 5.32 Å². The van der Waals surface area contributed by atoms with E-state index in [0.717, 1.165) is 23.8 Å². The average molecular weight is 475 g/mol. The van der Waals surface area contributed by atoms with Gasteiger partial charge in [-0.05, 0) is 72.9 Å². The van der Waals surface area contributed by atoms with E-state index >= 15 is 0 Å². The number of fused-ring (bicyclic) bond motifs is 1. The minimum absolute atomic E-state index is 0.0538. The van der Waals surface area contributed by atoms with Crippen LogP contribution in [0.2, 0.25) is 0 Å². The Hall–Kier alpha value is -3.33. The first-order valence-corrected chi connectivity index (χ1v) is 11.7. The summed E-state index contributed by atoms with van der Waals surface area (Å²) in [5.41, 5.74) is 1.62. The predicted molar refractivity (Wildman–Crippen MR) is 120 cm³/mol. The molecule has 0 unspecified atom stereocenters. The highest BCUT2D eigenvalue weighted by atomic mass is 32.2. The Bertz CT molecular complexity index is 1330. The third-order valence-corrected chi connectivity index (χ3v) is 7.45. The molecule has 0 spiro atoms. The van der Waals surface area contributed by atoms with Crippen molar-refractivity contribution in [2.45, 2.75) is 31.3 Å². The Morgan fingerprint density at radius 2 is 1.82 bits per heavy atom. The predicted octanol–water partition coefficient (Wildman–Crippen LogP) is 5.14. The Balaban J connectivity index is 1.73. The van der Waals surface area contributed by atoms with E-state index in [-0.39, 0.29) is 22.7 Å². The first-order valence-electron chi connectivity index (χ1n) is 10.3. The number of rotatable bonds is 5. The van der Waals surface area contributed by atoms with Crippen LogP contribution < -0.4 is 9.62 Å². The summed E-state index contributed by atoms with van der Waals surface area (Å²) in [5, 5.41) is 2.59. The average Bonchev–Trinajstić information content (AvgIpc) is 2.79. The lowest BCUT2D eigenvalue weighted by Gasteiger charge is -2.31. The highest BCUT2D eigenvalue weighted by Gasteiger charge is 2.30. The molecule has 172 valence electrons. The van der Waals surface area contributed by atoms with E-state index in [2.05, 4.69) is 5.32 Å². The second-order valence-electron chi connectivity index (χ2n) is 7.79. The van der Waals surface area contributed by atoms with Gasteiger partial charge >= 0.3 is 0 Å². The number of sulfonamides is 1. The molecule has 1 heterocycles. The molecule has 9 heteroatoms. The van der Waals surface area contributed by atoms with Crippen LogP contribution in [0.1, 0.15) is 33.5 Å². The number of carbonyl (C=O) groups excluding carboxylic acids is 1. The molecule has 0 fully saturated rings. The first-order chi connectivity index (χ1) is 15.7. The summed E-state index contributed by atoms with van der Waals surface area (Å²) in [5.74, 6) is -2.22. The zero-order chi connectivity index (χ0) is 23.8. The van der Waals surface area contributed by atoms with Gasteiger partial charge in [-0.2, -0.15) is 0 Å². The fraction of sp³-hybridized carbons (Fsp3) is 0.208. The van der Waals surface area contributed by atoms with E-state index in [1.54, 1.807) is 13.0 Å². The van der Waals surface area contributed by atoms with Gasteiger partial charge in [0.1, 0.15) is 18.3 Å². The molecular weight excluding hydrogens is 453 g/mol. The van der Waals surface area contributed by atoms with Crippen LogP contribution in [0.3, 0.4) is 0 Å². The van der Waals surface area contributed by atoms with Crippen LogP contribution in [-0.4, -0.2) is 20.9 Å². The molecule has 1 aliphatic heterocycles. The minimum atomic E-state index is -3.98. The summed E-state index contributed by atoms with van der Waals surface area (Å²) in [6, 6.07) is 11.6. The molecular formula is C24H21F3N2O3S. The molecule has 0 saturated heterocycles. The number of aryl methyl sites for hydroxylation is 2. The lowest BCUT2D eigenvalue weighted by molar-refractivity contribution is 0.102. The Morgan fingerprint density at radius 3 is 2.52 bits per heavy atom. The Kier molecular flexibility index (Phi) is 6.16. The van der Waals surface area contributed by atoms with Crippen LogP contribution in [0.5, 0.6) is 0 Å². The van der Waals surface area contributed by atoms with Crippen LogP contribution in [-0.2, 0) is 23.1 Å². The number of nitrogens with zero attached hydrogens (tertiary/aromatic N) is 1. The van der Waals surface area contributed by atoms with E-state index in [0.29, 0.717) is 24.1 Å². The van der Waals surface area contributed by atoms with Gasteiger partial charge in [0.2, 0.25) is 0 Å². The smallest absolute Gasteiger partial charge is 0.264 e. The topological polar surface area (TPSA) is 66.5 Å². The lowest BCUT2D eigenvalue weighted by Crippen LogP contribution is -2.35. The van der Waals surface area contributed by atoms with Crippen LogP contribution in [0.15, 0.2) is 59.5 Å². The summed E-state index contributed by atoms with van der Waals surface area (Å²) in [4.78, 5) is 12.7. The van der Waals surface area contributed by atoms with E-state index in [4.69, 9.17) is 0 Å². The minimum Gasteiger partial charge on any atom is -0.322 e. The second kappa shape index (κ2) is 8.90. The van der Waals surface area contributed by atoms with Crippen molar-refractivity contribution >= 4 is 27.3 Å². The summed E-state index contributed by atoms with van der Waals surface area (Å²) in [6.07, 6.45) is 1.23. The maximum atomic E-state index is 14.3. The van der Waals surface area contributed by atoms with Crippen LogP contribution in [0.4, 0.5) is 24.5 Å². The SMILES string of the molecule is Cc1cc2c(cc1NC(=O)c1c(F)cccc1CF)N(S(=O)(=O)c1ccc(F)cc1)CCC2. The van der Waals surface area contributed by atoms with Crippen molar-refractivity contribution < 1.29 is 26.4 Å². The van der Waals surface area contributed by atoms with E-state index in [1.807, 2.05) is 0 Å². The molecule has 3 aromatic carbocycles. The summed E-state index contributed by atoms with van der Waals surface area (Å²) in [6.45, 7) is 0.941. The summed E-state index contributed by atoms with van der Waals surface area (Å²) >= 11 is 0. The zero-order valence-corrected chi connectivity index (χ0v) is 18.6. The highest BCUT2D eigenvalue weighted by Crippen LogP contribution is 2.36. The summed E-state index contributed by atoms with van der Waals surface area (Å²) < 4.78 is 68.6. The van der Waals surface area contributed by atoms with Gasteiger partial charge in [-0.1, -0.05) is 18.2 Å². The molecule has 0 atom stereocenters. The molecule has 1 N–H and O–H groups in total. The van der Waals surface area contributed by atoms with Crippen molar-refractivity contribution in [1.29, 1.82) is 0 Å².